The number of likely N-dealkylation sites (tertiary alicyclic amines) is 1. The van der Waals surface area contributed by atoms with Crippen molar-refractivity contribution in [2.45, 2.75) is 25.9 Å². The van der Waals surface area contributed by atoms with Gasteiger partial charge >= 0.3 is 0 Å². The molecule has 2 unspecified atom stereocenters. The number of rotatable bonds is 4. The Kier molecular flexibility index (Phi) is 6.40. The van der Waals surface area contributed by atoms with Crippen molar-refractivity contribution in [3.8, 4) is 5.75 Å². The molecule has 2 N–H and O–H groups in total. The lowest BCUT2D eigenvalue weighted by Gasteiger charge is -2.22. The fraction of sp³-hybridized carbons (Fsp3) is 0.571. The number of nitrogens with zero attached hydrogens (tertiary/aromatic N) is 1. The Bertz CT molecular complexity index is 414. The van der Waals surface area contributed by atoms with E-state index in [1.54, 1.807) is 7.11 Å². The third kappa shape index (κ3) is 3.99. The van der Waals surface area contributed by atoms with Gasteiger partial charge in [0.05, 0.1) is 7.11 Å². The normalized spacial score (nSPS) is 23.2. The number of nitrogens with two attached hydrogens (primary N) is 1. The summed E-state index contributed by atoms with van der Waals surface area (Å²) in [4.78, 5) is 2.44. The van der Waals surface area contributed by atoms with Gasteiger partial charge in [0, 0.05) is 24.2 Å². The van der Waals surface area contributed by atoms with Crippen molar-refractivity contribution in [2.75, 3.05) is 20.2 Å². The number of hydrogen-bond donors (Lipinski definition) is 1. The number of halogens is 2. The van der Waals surface area contributed by atoms with Gasteiger partial charge in [0.15, 0.2) is 0 Å². The summed E-state index contributed by atoms with van der Waals surface area (Å²) >= 11 is 6.24. The molecule has 3 nitrogen and oxygen atoms in total. The lowest BCUT2D eigenvalue weighted by molar-refractivity contribution is 0.255. The highest BCUT2D eigenvalue weighted by Crippen LogP contribution is 2.28. The fourth-order valence-corrected chi connectivity index (χ4v) is 2.80. The molecular formula is C14H22Cl2N2O. The van der Waals surface area contributed by atoms with E-state index < -0.39 is 0 Å². The maximum Gasteiger partial charge on any atom is 0.119 e. The first-order valence-electron chi connectivity index (χ1n) is 6.40. The van der Waals surface area contributed by atoms with Gasteiger partial charge in [-0.1, -0.05) is 11.6 Å². The number of hydrogen-bond acceptors (Lipinski definition) is 3. The first-order chi connectivity index (χ1) is 8.63. The predicted octanol–water partition coefficient (Wildman–Crippen LogP) is 2.94. The molecule has 1 aromatic rings. The zero-order chi connectivity index (χ0) is 13.1. The molecule has 1 aromatic carbocycles. The van der Waals surface area contributed by atoms with Crippen LogP contribution in [0.15, 0.2) is 18.2 Å². The van der Waals surface area contributed by atoms with Crippen LogP contribution >= 0.6 is 24.0 Å². The highest BCUT2D eigenvalue weighted by atomic mass is 35.5. The van der Waals surface area contributed by atoms with E-state index in [9.17, 15) is 0 Å². The summed E-state index contributed by atoms with van der Waals surface area (Å²) < 4.78 is 5.25. The molecule has 0 amide bonds. The fourth-order valence-electron chi connectivity index (χ4n) is 2.63. The van der Waals surface area contributed by atoms with E-state index in [0.29, 0.717) is 12.0 Å². The van der Waals surface area contributed by atoms with Crippen LogP contribution in [0.2, 0.25) is 5.02 Å². The standard InChI is InChI=1S/C14H21ClN2O.ClH/c1-10-5-11(7-16)8-17(10)9-12-6-13(18-2)3-4-14(12)15;/h3-4,6,10-11H,5,7-9,16H2,1-2H3;1H. The van der Waals surface area contributed by atoms with Gasteiger partial charge in [-0.25, -0.2) is 0 Å². The maximum atomic E-state index is 6.24. The minimum absolute atomic E-state index is 0. The van der Waals surface area contributed by atoms with Crippen molar-refractivity contribution >= 4 is 24.0 Å². The van der Waals surface area contributed by atoms with Crippen LogP contribution in [0.4, 0.5) is 0 Å². The Morgan fingerprint density at radius 3 is 2.79 bits per heavy atom. The van der Waals surface area contributed by atoms with E-state index in [4.69, 9.17) is 22.1 Å². The predicted molar refractivity (Wildman–Crippen MR) is 82.3 cm³/mol. The van der Waals surface area contributed by atoms with Crippen LogP contribution in [0, 0.1) is 5.92 Å². The van der Waals surface area contributed by atoms with E-state index >= 15 is 0 Å². The molecule has 1 saturated heterocycles. The first-order valence-corrected chi connectivity index (χ1v) is 6.78. The van der Waals surface area contributed by atoms with Gasteiger partial charge < -0.3 is 10.5 Å². The van der Waals surface area contributed by atoms with E-state index in [0.717, 1.165) is 36.0 Å². The molecule has 0 spiro atoms. The van der Waals surface area contributed by atoms with Gasteiger partial charge in [0.2, 0.25) is 0 Å². The molecule has 1 fully saturated rings. The van der Waals surface area contributed by atoms with Crippen LogP contribution in [-0.4, -0.2) is 31.1 Å². The summed E-state index contributed by atoms with van der Waals surface area (Å²) in [6.07, 6.45) is 1.18. The van der Waals surface area contributed by atoms with Crippen molar-refractivity contribution in [3.63, 3.8) is 0 Å². The monoisotopic (exact) mass is 304 g/mol. The van der Waals surface area contributed by atoms with E-state index in [1.165, 1.54) is 6.42 Å². The molecule has 108 valence electrons. The van der Waals surface area contributed by atoms with Crippen LogP contribution in [0.5, 0.6) is 5.75 Å². The second-order valence-corrected chi connectivity index (χ2v) is 5.48. The van der Waals surface area contributed by atoms with Crippen molar-refractivity contribution in [2.24, 2.45) is 11.7 Å². The minimum atomic E-state index is 0. The zero-order valence-electron chi connectivity index (χ0n) is 11.4. The Morgan fingerprint density at radius 2 is 2.21 bits per heavy atom. The molecule has 0 saturated carbocycles. The highest BCUT2D eigenvalue weighted by Gasteiger charge is 2.28. The zero-order valence-corrected chi connectivity index (χ0v) is 13.0. The summed E-state index contributed by atoms with van der Waals surface area (Å²) in [6.45, 7) is 4.95. The molecular weight excluding hydrogens is 283 g/mol. The average Bonchev–Trinajstić information content (AvgIpc) is 2.73. The molecule has 0 radical (unpaired) electrons. The summed E-state index contributed by atoms with van der Waals surface area (Å²) in [6, 6.07) is 6.38. The van der Waals surface area contributed by atoms with E-state index in [1.807, 2.05) is 18.2 Å². The largest absolute Gasteiger partial charge is 0.497 e. The Labute approximate surface area is 126 Å². The van der Waals surface area contributed by atoms with Crippen LogP contribution in [-0.2, 0) is 6.54 Å². The molecule has 1 heterocycles. The molecule has 5 heteroatoms. The van der Waals surface area contributed by atoms with Gasteiger partial charge in [0.1, 0.15) is 5.75 Å². The Morgan fingerprint density at radius 1 is 1.47 bits per heavy atom. The first kappa shape index (κ1) is 16.6. The lowest BCUT2D eigenvalue weighted by atomic mass is 10.1. The average molecular weight is 305 g/mol. The van der Waals surface area contributed by atoms with Crippen molar-refractivity contribution < 1.29 is 4.74 Å². The van der Waals surface area contributed by atoms with Crippen LogP contribution in [0.25, 0.3) is 0 Å². The third-order valence-corrected chi connectivity index (χ3v) is 4.12. The second-order valence-electron chi connectivity index (χ2n) is 5.07. The van der Waals surface area contributed by atoms with Gasteiger partial charge in [-0.3, -0.25) is 4.90 Å². The van der Waals surface area contributed by atoms with Gasteiger partial charge in [0.25, 0.3) is 0 Å². The Balaban J connectivity index is 0.00000180. The minimum Gasteiger partial charge on any atom is -0.497 e. The molecule has 1 aliphatic heterocycles. The quantitative estimate of drug-likeness (QED) is 0.929. The molecule has 2 rings (SSSR count). The number of ether oxygens (including phenoxy) is 1. The van der Waals surface area contributed by atoms with Crippen LogP contribution in [0.3, 0.4) is 0 Å². The lowest BCUT2D eigenvalue weighted by Crippen LogP contribution is -2.27. The molecule has 0 aromatic heterocycles. The van der Waals surface area contributed by atoms with Crippen LogP contribution in [0.1, 0.15) is 18.9 Å². The molecule has 1 aliphatic rings. The van der Waals surface area contributed by atoms with Gasteiger partial charge in [-0.05, 0) is 49.6 Å². The summed E-state index contributed by atoms with van der Waals surface area (Å²) in [5.74, 6) is 1.47. The van der Waals surface area contributed by atoms with Crippen LogP contribution < -0.4 is 10.5 Å². The smallest absolute Gasteiger partial charge is 0.119 e. The maximum absolute atomic E-state index is 6.24. The van der Waals surface area contributed by atoms with Crippen molar-refractivity contribution in [1.29, 1.82) is 0 Å². The van der Waals surface area contributed by atoms with E-state index in [-0.39, 0.29) is 12.4 Å². The van der Waals surface area contributed by atoms with Gasteiger partial charge in [-0.15, -0.1) is 12.4 Å². The number of benzene rings is 1. The topological polar surface area (TPSA) is 38.5 Å². The Hall–Kier alpha value is -0.480. The third-order valence-electron chi connectivity index (χ3n) is 3.75. The summed E-state index contributed by atoms with van der Waals surface area (Å²) in [5, 5.41) is 0.805. The van der Waals surface area contributed by atoms with E-state index in [2.05, 4.69) is 11.8 Å². The summed E-state index contributed by atoms with van der Waals surface area (Å²) in [7, 11) is 1.68. The molecule has 0 aliphatic carbocycles. The summed E-state index contributed by atoms with van der Waals surface area (Å²) in [5.41, 5.74) is 6.88. The highest BCUT2D eigenvalue weighted by molar-refractivity contribution is 6.31. The number of methoxy groups -OCH3 is 1. The molecule has 2 atom stereocenters. The van der Waals surface area contributed by atoms with Crippen molar-refractivity contribution in [3.05, 3.63) is 28.8 Å². The second kappa shape index (κ2) is 7.34. The van der Waals surface area contributed by atoms with Gasteiger partial charge in [-0.2, -0.15) is 0 Å². The molecule has 19 heavy (non-hydrogen) atoms. The molecule has 0 bridgehead atoms. The SMILES string of the molecule is COc1ccc(Cl)c(CN2CC(CN)CC2C)c1.Cl. The van der Waals surface area contributed by atoms with Crippen molar-refractivity contribution in [1.82, 2.24) is 4.90 Å².